The molecule has 2 rings (SSSR count). The molecular weight excluding hydrogens is 256 g/mol. The van der Waals surface area contributed by atoms with E-state index in [1.807, 2.05) is 0 Å². The molecule has 2 N–H and O–H groups in total. The number of furan rings is 1. The van der Waals surface area contributed by atoms with Crippen molar-refractivity contribution in [2.45, 2.75) is 13.8 Å². The Bertz CT molecular complexity index is 659. The average molecular weight is 272 g/mol. The van der Waals surface area contributed by atoms with Crippen LogP contribution in [0.25, 0.3) is 0 Å². The summed E-state index contributed by atoms with van der Waals surface area (Å²) in [4.78, 5) is 23.7. The molecule has 0 unspecified atom stereocenters. The van der Waals surface area contributed by atoms with Crippen LogP contribution in [0.2, 0.25) is 0 Å². The molecular formula is C15H16N2O3. The topological polar surface area (TPSA) is 71.3 Å². The Morgan fingerprint density at radius 3 is 2.45 bits per heavy atom. The predicted molar refractivity (Wildman–Crippen MR) is 76.0 cm³/mol. The molecule has 104 valence electrons. The maximum Gasteiger partial charge on any atom is 0.259 e. The molecule has 0 saturated carbocycles. The minimum absolute atomic E-state index is 0.198. The van der Waals surface area contributed by atoms with E-state index >= 15 is 0 Å². The summed E-state index contributed by atoms with van der Waals surface area (Å²) in [5, 5.41) is 5.29. The van der Waals surface area contributed by atoms with Crippen molar-refractivity contribution in [1.82, 2.24) is 5.32 Å². The zero-order valence-corrected chi connectivity index (χ0v) is 11.6. The van der Waals surface area contributed by atoms with Crippen LogP contribution in [0.15, 0.2) is 34.7 Å². The zero-order chi connectivity index (χ0) is 14.7. The number of carbonyl (C=O) groups is 2. The van der Waals surface area contributed by atoms with Gasteiger partial charge in [-0.3, -0.25) is 9.59 Å². The van der Waals surface area contributed by atoms with E-state index in [4.69, 9.17) is 4.42 Å². The van der Waals surface area contributed by atoms with Gasteiger partial charge in [-0.1, -0.05) is 6.07 Å². The highest BCUT2D eigenvalue weighted by atomic mass is 16.3. The first-order chi connectivity index (χ1) is 9.51. The minimum atomic E-state index is -0.256. The number of hydrogen-bond donors (Lipinski definition) is 2. The van der Waals surface area contributed by atoms with E-state index in [-0.39, 0.29) is 11.8 Å². The Balaban J connectivity index is 2.20. The van der Waals surface area contributed by atoms with Crippen molar-refractivity contribution in [3.05, 3.63) is 53.0 Å². The molecule has 2 aromatic rings. The highest BCUT2D eigenvalue weighted by Crippen LogP contribution is 2.17. The zero-order valence-electron chi connectivity index (χ0n) is 11.6. The predicted octanol–water partition coefficient (Wildman–Crippen LogP) is 2.51. The summed E-state index contributed by atoms with van der Waals surface area (Å²) in [6.07, 6.45) is 0. The van der Waals surface area contributed by atoms with Crippen molar-refractivity contribution in [1.29, 1.82) is 0 Å². The molecule has 1 aromatic heterocycles. The monoisotopic (exact) mass is 272 g/mol. The van der Waals surface area contributed by atoms with E-state index < -0.39 is 0 Å². The van der Waals surface area contributed by atoms with Crippen molar-refractivity contribution in [3.8, 4) is 0 Å². The molecule has 0 aliphatic rings. The summed E-state index contributed by atoms with van der Waals surface area (Å²) < 4.78 is 5.33. The molecule has 0 fully saturated rings. The fraction of sp³-hybridized carbons (Fsp3) is 0.200. The van der Waals surface area contributed by atoms with E-state index in [1.165, 1.54) is 0 Å². The third kappa shape index (κ3) is 2.88. The van der Waals surface area contributed by atoms with Gasteiger partial charge in [-0.2, -0.15) is 0 Å². The lowest BCUT2D eigenvalue weighted by molar-refractivity contribution is 0.0961. The number of carbonyl (C=O) groups excluding carboxylic acids is 2. The maximum absolute atomic E-state index is 12.1. The van der Waals surface area contributed by atoms with Crippen LogP contribution >= 0.6 is 0 Å². The Kier molecular flexibility index (Phi) is 3.89. The summed E-state index contributed by atoms with van der Waals surface area (Å²) in [6, 6.07) is 8.44. The first-order valence-electron chi connectivity index (χ1n) is 6.22. The largest absolute Gasteiger partial charge is 0.466 e. The van der Waals surface area contributed by atoms with Crippen molar-refractivity contribution in [3.63, 3.8) is 0 Å². The number of anilines is 1. The van der Waals surface area contributed by atoms with Gasteiger partial charge in [0.15, 0.2) is 0 Å². The molecule has 0 radical (unpaired) electrons. The van der Waals surface area contributed by atoms with Crippen molar-refractivity contribution in [2.24, 2.45) is 0 Å². The molecule has 0 saturated heterocycles. The van der Waals surface area contributed by atoms with Crippen LogP contribution in [0, 0.1) is 13.8 Å². The number of amides is 2. The van der Waals surface area contributed by atoms with Gasteiger partial charge >= 0.3 is 0 Å². The van der Waals surface area contributed by atoms with Crippen LogP contribution in [0.5, 0.6) is 0 Å². The Morgan fingerprint density at radius 2 is 1.85 bits per heavy atom. The molecule has 20 heavy (non-hydrogen) atoms. The van der Waals surface area contributed by atoms with Crippen LogP contribution in [-0.4, -0.2) is 18.9 Å². The molecule has 2 amide bonds. The SMILES string of the molecule is CNC(=O)c1cccc(NC(=O)c2cc(C)oc2C)c1. The number of rotatable bonds is 3. The summed E-state index contributed by atoms with van der Waals surface area (Å²) in [7, 11) is 1.56. The van der Waals surface area contributed by atoms with E-state index in [9.17, 15) is 9.59 Å². The van der Waals surface area contributed by atoms with Crippen molar-refractivity contribution >= 4 is 17.5 Å². The molecule has 1 aromatic carbocycles. The smallest absolute Gasteiger partial charge is 0.259 e. The molecule has 0 aliphatic heterocycles. The summed E-state index contributed by atoms with van der Waals surface area (Å²) >= 11 is 0. The van der Waals surface area contributed by atoms with Crippen LogP contribution in [0.4, 0.5) is 5.69 Å². The average Bonchev–Trinajstić information content (AvgIpc) is 2.77. The normalized spacial score (nSPS) is 10.2. The molecule has 0 aliphatic carbocycles. The first-order valence-corrected chi connectivity index (χ1v) is 6.22. The van der Waals surface area contributed by atoms with Gasteiger partial charge in [0.25, 0.3) is 11.8 Å². The Morgan fingerprint density at radius 1 is 1.10 bits per heavy atom. The van der Waals surface area contributed by atoms with E-state index in [2.05, 4.69) is 10.6 Å². The van der Waals surface area contributed by atoms with E-state index in [0.29, 0.717) is 28.3 Å². The van der Waals surface area contributed by atoms with E-state index in [1.54, 1.807) is 51.2 Å². The second kappa shape index (κ2) is 5.61. The van der Waals surface area contributed by atoms with Crippen LogP contribution in [0.1, 0.15) is 32.2 Å². The number of aryl methyl sites for hydroxylation is 2. The molecule has 1 heterocycles. The number of nitrogens with one attached hydrogen (secondary N) is 2. The standard InChI is InChI=1S/C15H16N2O3/c1-9-7-13(10(2)20-9)15(19)17-12-6-4-5-11(8-12)14(18)16-3/h4-8H,1-3H3,(H,16,18)(H,17,19). The van der Waals surface area contributed by atoms with Gasteiger partial charge < -0.3 is 15.1 Å². The fourth-order valence-corrected chi connectivity index (χ4v) is 1.94. The van der Waals surface area contributed by atoms with E-state index in [0.717, 1.165) is 0 Å². The van der Waals surface area contributed by atoms with Crippen LogP contribution in [0.3, 0.4) is 0 Å². The van der Waals surface area contributed by atoms with Gasteiger partial charge in [0.1, 0.15) is 11.5 Å². The quantitative estimate of drug-likeness (QED) is 0.901. The van der Waals surface area contributed by atoms with Crippen molar-refractivity contribution < 1.29 is 14.0 Å². The van der Waals surface area contributed by atoms with Gasteiger partial charge in [-0.05, 0) is 38.1 Å². The summed E-state index contributed by atoms with van der Waals surface area (Å²) in [6.45, 7) is 3.53. The van der Waals surface area contributed by atoms with Crippen LogP contribution in [-0.2, 0) is 0 Å². The van der Waals surface area contributed by atoms with Crippen LogP contribution < -0.4 is 10.6 Å². The third-order valence-electron chi connectivity index (χ3n) is 2.90. The minimum Gasteiger partial charge on any atom is -0.466 e. The Hall–Kier alpha value is -2.56. The highest BCUT2D eigenvalue weighted by Gasteiger charge is 2.14. The molecule has 5 heteroatoms. The lowest BCUT2D eigenvalue weighted by Crippen LogP contribution is -2.18. The molecule has 0 atom stereocenters. The highest BCUT2D eigenvalue weighted by molar-refractivity contribution is 6.05. The fourth-order valence-electron chi connectivity index (χ4n) is 1.94. The van der Waals surface area contributed by atoms with Gasteiger partial charge in [-0.15, -0.1) is 0 Å². The van der Waals surface area contributed by atoms with Gasteiger partial charge in [0.2, 0.25) is 0 Å². The second-order valence-electron chi connectivity index (χ2n) is 4.44. The molecule has 0 spiro atoms. The van der Waals surface area contributed by atoms with Crippen molar-refractivity contribution in [2.75, 3.05) is 12.4 Å². The summed E-state index contributed by atoms with van der Waals surface area (Å²) in [5.74, 6) is 0.805. The molecule has 5 nitrogen and oxygen atoms in total. The Labute approximate surface area is 117 Å². The maximum atomic E-state index is 12.1. The second-order valence-corrected chi connectivity index (χ2v) is 4.44. The lowest BCUT2D eigenvalue weighted by atomic mass is 10.1. The molecule has 0 bridgehead atoms. The van der Waals surface area contributed by atoms with Gasteiger partial charge in [0.05, 0.1) is 5.56 Å². The van der Waals surface area contributed by atoms with Gasteiger partial charge in [-0.25, -0.2) is 0 Å². The lowest BCUT2D eigenvalue weighted by Gasteiger charge is -2.06. The third-order valence-corrected chi connectivity index (χ3v) is 2.90. The number of hydrogen-bond acceptors (Lipinski definition) is 3. The number of benzene rings is 1. The van der Waals surface area contributed by atoms with Gasteiger partial charge in [0, 0.05) is 18.3 Å². The first kappa shape index (κ1) is 13.9. The summed E-state index contributed by atoms with van der Waals surface area (Å²) in [5.41, 5.74) is 1.55.